The molecule has 1 aliphatic rings. The van der Waals surface area contributed by atoms with Crippen molar-refractivity contribution in [2.24, 2.45) is 5.92 Å². The van der Waals surface area contributed by atoms with Crippen LogP contribution in [0.5, 0.6) is 0 Å². The van der Waals surface area contributed by atoms with Gasteiger partial charge in [-0.1, -0.05) is 67.8 Å². The van der Waals surface area contributed by atoms with E-state index < -0.39 is 12.1 Å². The molecular formula is C26H31N3O3. The Morgan fingerprint density at radius 1 is 1.00 bits per heavy atom. The largest absolute Gasteiger partial charge is 0.445 e. The molecule has 2 aromatic carbocycles. The Bertz CT molecular complexity index is 1020. The van der Waals surface area contributed by atoms with Crippen molar-refractivity contribution < 1.29 is 14.3 Å². The molecule has 1 atom stereocenters. The number of carbonyl (C=O) groups is 2. The van der Waals surface area contributed by atoms with Gasteiger partial charge in [-0.05, 0) is 36.0 Å². The first-order chi connectivity index (χ1) is 15.7. The number of carbonyl (C=O) groups excluding carboxylic acids is 2. The molecule has 6 nitrogen and oxygen atoms in total. The van der Waals surface area contributed by atoms with Gasteiger partial charge in [-0.2, -0.15) is 0 Å². The summed E-state index contributed by atoms with van der Waals surface area (Å²) in [6.07, 6.45) is 7.74. The van der Waals surface area contributed by atoms with Crippen molar-refractivity contribution in [3.63, 3.8) is 0 Å². The Hall–Kier alpha value is -3.28. The molecule has 3 aromatic rings. The number of aromatic amines is 1. The number of amides is 2. The van der Waals surface area contributed by atoms with E-state index in [1.807, 2.05) is 60.8 Å². The van der Waals surface area contributed by atoms with Gasteiger partial charge in [0.15, 0.2) is 0 Å². The molecule has 3 N–H and O–H groups in total. The standard InChI is InChI=1S/C26H31N3O3/c30-25(28-16-19-9-3-1-4-10-19)24(15-21-17-27-23-14-8-7-13-22(21)23)29-26(31)32-18-20-11-5-2-6-12-20/h2,5-8,11-14,17,19,24,27H,1,3-4,9-10,15-16,18H2,(H,28,30)(H,29,31)/t24-/m0/s1. The highest BCUT2D eigenvalue weighted by Gasteiger charge is 2.24. The van der Waals surface area contributed by atoms with E-state index in [0.717, 1.165) is 34.9 Å². The maximum Gasteiger partial charge on any atom is 0.408 e. The first kappa shape index (κ1) is 21.9. The Kier molecular flexibility index (Phi) is 7.43. The van der Waals surface area contributed by atoms with Gasteiger partial charge in [0.2, 0.25) is 5.91 Å². The van der Waals surface area contributed by atoms with Gasteiger partial charge >= 0.3 is 6.09 Å². The van der Waals surface area contributed by atoms with Crippen LogP contribution in [0.4, 0.5) is 4.79 Å². The van der Waals surface area contributed by atoms with Gasteiger partial charge in [-0.15, -0.1) is 0 Å². The fourth-order valence-electron chi connectivity index (χ4n) is 4.40. The van der Waals surface area contributed by atoms with Gasteiger partial charge in [0, 0.05) is 30.1 Å². The minimum absolute atomic E-state index is 0.163. The number of H-pyrrole nitrogens is 1. The Morgan fingerprint density at radius 2 is 1.75 bits per heavy atom. The normalized spacial score (nSPS) is 15.2. The molecule has 1 saturated carbocycles. The highest BCUT2D eigenvalue weighted by atomic mass is 16.5. The molecule has 4 rings (SSSR count). The lowest BCUT2D eigenvalue weighted by atomic mass is 9.89. The fourth-order valence-corrected chi connectivity index (χ4v) is 4.40. The first-order valence-corrected chi connectivity index (χ1v) is 11.5. The Labute approximate surface area is 188 Å². The van der Waals surface area contributed by atoms with Crippen LogP contribution in [0.2, 0.25) is 0 Å². The van der Waals surface area contributed by atoms with E-state index in [0.29, 0.717) is 18.9 Å². The van der Waals surface area contributed by atoms with Crippen molar-refractivity contribution >= 4 is 22.9 Å². The molecule has 0 aliphatic heterocycles. The van der Waals surface area contributed by atoms with Gasteiger partial charge in [-0.25, -0.2) is 4.79 Å². The van der Waals surface area contributed by atoms with Gasteiger partial charge in [0.1, 0.15) is 12.6 Å². The zero-order valence-corrected chi connectivity index (χ0v) is 18.3. The number of hydrogen-bond donors (Lipinski definition) is 3. The smallest absolute Gasteiger partial charge is 0.408 e. The summed E-state index contributed by atoms with van der Waals surface area (Å²) in [5.74, 6) is 0.351. The second kappa shape index (κ2) is 10.8. The number of aromatic nitrogens is 1. The van der Waals surface area contributed by atoms with Crippen molar-refractivity contribution in [2.75, 3.05) is 6.54 Å². The molecule has 0 radical (unpaired) electrons. The maximum atomic E-state index is 13.1. The number of ether oxygens (including phenoxy) is 1. The van der Waals surface area contributed by atoms with E-state index in [2.05, 4.69) is 15.6 Å². The van der Waals surface area contributed by atoms with Crippen LogP contribution in [0.3, 0.4) is 0 Å². The minimum Gasteiger partial charge on any atom is -0.445 e. The number of nitrogens with one attached hydrogen (secondary N) is 3. The summed E-state index contributed by atoms with van der Waals surface area (Å²) in [6, 6.07) is 16.8. The third-order valence-corrected chi connectivity index (χ3v) is 6.21. The highest BCUT2D eigenvalue weighted by molar-refractivity contribution is 5.88. The summed E-state index contributed by atoms with van der Waals surface area (Å²) in [5, 5.41) is 6.92. The average molecular weight is 434 g/mol. The molecule has 6 heteroatoms. The van der Waals surface area contributed by atoms with E-state index in [9.17, 15) is 9.59 Å². The number of benzene rings is 2. The van der Waals surface area contributed by atoms with Crippen LogP contribution in [-0.4, -0.2) is 29.6 Å². The van der Waals surface area contributed by atoms with Gasteiger partial charge < -0.3 is 20.4 Å². The lowest BCUT2D eigenvalue weighted by molar-refractivity contribution is -0.123. The molecular weight excluding hydrogens is 402 g/mol. The molecule has 1 aliphatic carbocycles. The number of rotatable bonds is 8. The molecule has 2 amide bonds. The molecule has 1 heterocycles. The molecule has 0 spiro atoms. The van der Waals surface area contributed by atoms with Crippen molar-refractivity contribution in [3.8, 4) is 0 Å². The molecule has 1 fully saturated rings. The minimum atomic E-state index is -0.707. The van der Waals surface area contributed by atoms with Crippen LogP contribution >= 0.6 is 0 Å². The average Bonchev–Trinajstić information content (AvgIpc) is 3.25. The first-order valence-electron chi connectivity index (χ1n) is 11.5. The van der Waals surface area contributed by atoms with E-state index >= 15 is 0 Å². The number of hydrogen-bond acceptors (Lipinski definition) is 3. The Morgan fingerprint density at radius 3 is 2.56 bits per heavy atom. The number of alkyl carbamates (subject to hydrolysis) is 1. The second-order valence-electron chi connectivity index (χ2n) is 8.57. The van der Waals surface area contributed by atoms with Crippen LogP contribution in [-0.2, 0) is 22.6 Å². The van der Waals surface area contributed by atoms with E-state index in [1.54, 1.807) is 0 Å². The molecule has 168 valence electrons. The molecule has 0 bridgehead atoms. The van der Waals surface area contributed by atoms with Crippen molar-refractivity contribution in [1.82, 2.24) is 15.6 Å². The predicted octanol–water partition coefficient (Wildman–Crippen LogP) is 4.70. The zero-order valence-electron chi connectivity index (χ0n) is 18.3. The van der Waals surface area contributed by atoms with Crippen LogP contribution in [0.1, 0.15) is 43.2 Å². The summed E-state index contributed by atoms with van der Waals surface area (Å²) in [7, 11) is 0. The highest BCUT2D eigenvalue weighted by Crippen LogP contribution is 2.23. The zero-order chi connectivity index (χ0) is 22.2. The second-order valence-corrected chi connectivity index (χ2v) is 8.57. The number of para-hydroxylation sites is 1. The van der Waals surface area contributed by atoms with Crippen molar-refractivity contribution in [2.45, 2.75) is 51.2 Å². The van der Waals surface area contributed by atoms with Gasteiger partial charge in [-0.3, -0.25) is 4.79 Å². The summed E-state index contributed by atoms with van der Waals surface area (Å²) < 4.78 is 5.37. The SMILES string of the molecule is O=C(N[C@@H](Cc1c[nH]c2ccccc12)C(=O)NCC1CCCCC1)OCc1ccccc1. The lowest BCUT2D eigenvalue weighted by Crippen LogP contribution is -2.49. The molecule has 0 saturated heterocycles. The fraction of sp³-hybridized carbons (Fsp3) is 0.385. The summed E-state index contributed by atoms with van der Waals surface area (Å²) >= 11 is 0. The third-order valence-electron chi connectivity index (χ3n) is 6.21. The maximum absolute atomic E-state index is 13.1. The lowest BCUT2D eigenvalue weighted by Gasteiger charge is -2.24. The van der Waals surface area contributed by atoms with Crippen LogP contribution in [0, 0.1) is 5.92 Å². The van der Waals surface area contributed by atoms with Crippen LogP contribution < -0.4 is 10.6 Å². The summed E-state index contributed by atoms with van der Waals surface area (Å²) in [6.45, 7) is 0.820. The molecule has 32 heavy (non-hydrogen) atoms. The van der Waals surface area contributed by atoms with Crippen LogP contribution in [0.15, 0.2) is 60.8 Å². The third kappa shape index (κ3) is 5.90. The Balaban J connectivity index is 1.41. The topological polar surface area (TPSA) is 83.2 Å². The number of fused-ring (bicyclic) bond motifs is 1. The van der Waals surface area contributed by atoms with E-state index in [1.165, 1.54) is 19.3 Å². The van der Waals surface area contributed by atoms with E-state index in [4.69, 9.17) is 4.74 Å². The predicted molar refractivity (Wildman–Crippen MR) is 125 cm³/mol. The summed E-state index contributed by atoms with van der Waals surface area (Å²) in [4.78, 5) is 28.8. The van der Waals surface area contributed by atoms with Gasteiger partial charge in [0.25, 0.3) is 0 Å². The molecule has 0 unspecified atom stereocenters. The summed E-state index contributed by atoms with van der Waals surface area (Å²) in [5.41, 5.74) is 2.90. The van der Waals surface area contributed by atoms with Gasteiger partial charge in [0.05, 0.1) is 0 Å². The van der Waals surface area contributed by atoms with Crippen molar-refractivity contribution in [3.05, 3.63) is 71.9 Å². The van der Waals surface area contributed by atoms with Crippen LogP contribution in [0.25, 0.3) is 10.9 Å². The molecule has 1 aromatic heterocycles. The van der Waals surface area contributed by atoms with Crippen molar-refractivity contribution in [1.29, 1.82) is 0 Å². The van der Waals surface area contributed by atoms with E-state index in [-0.39, 0.29) is 12.5 Å². The quantitative estimate of drug-likeness (QED) is 0.481. The monoisotopic (exact) mass is 433 g/mol.